The van der Waals surface area contributed by atoms with E-state index in [1.54, 1.807) is 19.2 Å². The molecule has 1 atom stereocenters. The van der Waals surface area contributed by atoms with Gasteiger partial charge >= 0.3 is 0 Å². The molecule has 3 aromatic rings. The summed E-state index contributed by atoms with van der Waals surface area (Å²) in [5.74, 6) is 0.773. The number of likely N-dealkylation sites (tertiary alicyclic amines) is 1. The lowest BCUT2D eigenvalue weighted by Crippen LogP contribution is -2.66. The number of methoxy groups -OCH3 is 1. The lowest BCUT2D eigenvalue weighted by molar-refractivity contribution is -0.143. The van der Waals surface area contributed by atoms with Crippen LogP contribution in [0.15, 0.2) is 42.5 Å². The van der Waals surface area contributed by atoms with Gasteiger partial charge in [-0.15, -0.1) is 0 Å². The molecule has 2 aliphatic heterocycles. The molecule has 0 bridgehead atoms. The average molecular weight is 478 g/mol. The van der Waals surface area contributed by atoms with Crippen molar-refractivity contribution in [3.8, 4) is 5.75 Å². The second-order valence-electron chi connectivity index (χ2n) is 10.5. The van der Waals surface area contributed by atoms with Crippen LogP contribution in [0.4, 0.5) is 4.39 Å². The van der Waals surface area contributed by atoms with Gasteiger partial charge < -0.3 is 19.7 Å². The molecule has 1 aromatic heterocycles. The van der Waals surface area contributed by atoms with E-state index in [2.05, 4.69) is 16.0 Å². The smallest absolute Gasteiger partial charge is 0.226 e. The molecule has 1 amide bonds. The summed E-state index contributed by atoms with van der Waals surface area (Å²) in [6, 6.07) is 12.4. The number of aliphatic hydroxyl groups is 1. The van der Waals surface area contributed by atoms with E-state index in [0.717, 1.165) is 66.7 Å². The topological polar surface area (TPSA) is 68.8 Å². The number of amides is 1. The molecule has 1 saturated carbocycles. The van der Waals surface area contributed by atoms with Crippen molar-refractivity contribution in [3.63, 3.8) is 0 Å². The quantitative estimate of drug-likeness (QED) is 0.580. The molecule has 184 valence electrons. The van der Waals surface area contributed by atoms with Gasteiger partial charge in [-0.3, -0.25) is 9.69 Å². The number of rotatable bonds is 5. The van der Waals surface area contributed by atoms with E-state index in [1.807, 2.05) is 23.1 Å². The number of H-pyrrole nitrogens is 1. The second kappa shape index (κ2) is 8.64. The number of ether oxygens (including phenoxy) is 1. The molecule has 1 aliphatic carbocycles. The van der Waals surface area contributed by atoms with Gasteiger partial charge in [-0.05, 0) is 48.2 Å². The van der Waals surface area contributed by atoms with Crippen molar-refractivity contribution in [2.45, 2.75) is 43.7 Å². The number of aliphatic hydroxyl groups excluding tert-OH is 1. The Morgan fingerprint density at radius 2 is 1.97 bits per heavy atom. The van der Waals surface area contributed by atoms with Crippen LogP contribution in [0.3, 0.4) is 0 Å². The normalized spacial score (nSPS) is 21.9. The van der Waals surface area contributed by atoms with E-state index >= 15 is 0 Å². The fourth-order valence-electron chi connectivity index (χ4n) is 6.72. The van der Waals surface area contributed by atoms with Crippen LogP contribution >= 0.6 is 0 Å². The Bertz CT molecular complexity index is 1260. The summed E-state index contributed by atoms with van der Waals surface area (Å²) in [5, 5.41) is 11.6. The van der Waals surface area contributed by atoms with Crippen LogP contribution in [0.1, 0.15) is 48.5 Å². The van der Waals surface area contributed by atoms with Gasteiger partial charge in [0.15, 0.2) is 0 Å². The molecule has 2 aromatic carbocycles. The fraction of sp³-hybridized carbons (Fsp3) is 0.464. The van der Waals surface area contributed by atoms with E-state index in [1.165, 1.54) is 11.6 Å². The third-order valence-corrected chi connectivity index (χ3v) is 8.26. The van der Waals surface area contributed by atoms with Crippen LogP contribution in [0.2, 0.25) is 0 Å². The number of fused-ring (bicyclic) bond motifs is 4. The minimum Gasteiger partial charge on any atom is -0.497 e. The van der Waals surface area contributed by atoms with Gasteiger partial charge in [0.1, 0.15) is 11.6 Å². The summed E-state index contributed by atoms with van der Waals surface area (Å²) >= 11 is 0. The molecule has 6 nitrogen and oxygen atoms in total. The van der Waals surface area contributed by atoms with Crippen molar-refractivity contribution in [1.82, 2.24) is 14.8 Å². The zero-order valence-corrected chi connectivity index (χ0v) is 20.1. The van der Waals surface area contributed by atoms with Crippen LogP contribution in [-0.2, 0) is 16.8 Å². The number of carbonyl (C=O) groups is 1. The molecule has 3 heterocycles. The lowest BCUT2D eigenvalue weighted by Gasteiger charge is -2.56. The van der Waals surface area contributed by atoms with Crippen molar-refractivity contribution >= 4 is 16.8 Å². The summed E-state index contributed by atoms with van der Waals surface area (Å²) in [6.07, 6.45) is 4.06. The van der Waals surface area contributed by atoms with E-state index in [0.29, 0.717) is 13.1 Å². The Balaban J connectivity index is 1.39. The molecule has 35 heavy (non-hydrogen) atoms. The minimum absolute atomic E-state index is 0.0515. The van der Waals surface area contributed by atoms with Gasteiger partial charge in [-0.2, -0.15) is 0 Å². The Kier molecular flexibility index (Phi) is 5.57. The van der Waals surface area contributed by atoms with Crippen LogP contribution in [-0.4, -0.2) is 59.1 Å². The number of benzene rings is 2. The maximum absolute atomic E-state index is 13.7. The Morgan fingerprint density at radius 1 is 1.17 bits per heavy atom. The Morgan fingerprint density at radius 3 is 2.69 bits per heavy atom. The van der Waals surface area contributed by atoms with Gasteiger partial charge in [0.05, 0.1) is 19.8 Å². The summed E-state index contributed by atoms with van der Waals surface area (Å²) in [4.78, 5) is 21.5. The first-order chi connectivity index (χ1) is 17.0. The molecule has 1 saturated heterocycles. The van der Waals surface area contributed by atoms with Crippen molar-refractivity contribution in [2.75, 3.05) is 33.4 Å². The largest absolute Gasteiger partial charge is 0.497 e. The summed E-state index contributed by atoms with van der Waals surface area (Å²) in [7, 11) is 1.65. The van der Waals surface area contributed by atoms with E-state index < -0.39 is 0 Å². The lowest BCUT2D eigenvalue weighted by atomic mass is 9.68. The number of nitrogens with one attached hydrogen (secondary N) is 1. The van der Waals surface area contributed by atoms with Crippen molar-refractivity contribution in [2.24, 2.45) is 5.92 Å². The molecule has 0 radical (unpaired) electrons. The fourth-order valence-corrected chi connectivity index (χ4v) is 6.72. The second-order valence-corrected chi connectivity index (χ2v) is 10.5. The van der Waals surface area contributed by atoms with Gasteiger partial charge in [-0.1, -0.05) is 25.0 Å². The monoisotopic (exact) mass is 477 g/mol. The molecule has 1 spiro atoms. The van der Waals surface area contributed by atoms with Crippen LogP contribution in [0.25, 0.3) is 10.9 Å². The maximum Gasteiger partial charge on any atom is 0.226 e. The summed E-state index contributed by atoms with van der Waals surface area (Å²) in [5.41, 5.74) is 3.84. The zero-order valence-electron chi connectivity index (χ0n) is 20.1. The number of hydrogen-bond acceptors (Lipinski definition) is 4. The summed E-state index contributed by atoms with van der Waals surface area (Å²) in [6.45, 7) is 2.72. The highest BCUT2D eigenvalue weighted by atomic mass is 19.1. The molecular weight excluding hydrogens is 445 g/mol. The Hall–Kier alpha value is -2.90. The van der Waals surface area contributed by atoms with Gasteiger partial charge in [0.25, 0.3) is 0 Å². The first kappa shape index (κ1) is 22.6. The standard InChI is InChI=1S/C28H32FN3O3/c1-35-21-9-10-22-23(12-21)30-26-24(14-33)32(27(34)19-6-2-3-7-19)17-28(25(22)26)15-31(16-28)13-18-5-4-8-20(29)11-18/h4-5,8-12,19,24,30,33H,2-3,6-7,13-17H2,1H3/t24-/m0/s1. The van der Waals surface area contributed by atoms with Crippen LogP contribution < -0.4 is 4.74 Å². The highest BCUT2D eigenvalue weighted by molar-refractivity contribution is 5.89. The minimum atomic E-state index is -0.376. The highest BCUT2D eigenvalue weighted by Crippen LogP contribution is 2.49. The van der Waals surface area contributed by atoms with Crippen molar-refractivity contribution in [1.29, 1.82) is 0 Å². The number of hydrogen-bond donors (Lipinski definition) is 2. The molecule has 3 aliphatic rings. The average Bonchev–Trinajstić information content (AvgIpc) is 3.50. The zero-order chi connectivity index (χ0) is 24.2. The van der Waals surface area contributed by atoms with Crippen LogP contribution in [0, 0.1) is 11.7 Å². The van der Waals surface area contributed by atoms with Crippen LogP contribution in [0.5, 0.6) is 5.75 Å². The number of carbonyl (C=O) groups excluding carboxylic acids is 1. The SMILES string of the molecule is COc1ccc2c3c([nH]c2c1)[C@H](CO)N(C(=O)C1CCCC1)CC31CN(Cc2cccc(F)c2)C1. The Labute approximate surface area is 204 Å². The maximum atomic E-state index is 13.7. The summed E-state index contributed by atoms with van der Waals surface area (Å²) < 4.78 is 19.2. The molecule has 2 fully saturated rings. The number of nitrogens with zero attached hydrogens (tertiary/aromatic N) is 2. The number of halogens is 1. The van der Waals surface area contributed by atoms with Gasteiger partial charge in [-0.25, -0.2) is 4.39 Å². The number of aromatic amines is 1. The van der Waals surface area contributed by atoms with Crippen molar-refractivity contribution in [3.05, 3.63) is 65.1 Å². The van der Waals surface area contributed by atoms with E-state index in [9.17, 15) is 14.3 Å². The van der Waals surface area contributed by atoms with E-state index in [4.69, 9.17) is 4.74 Å². The van der Waals surface area contributed by atoms with Crippen molar-refractivity contribution < 1.29 is 19.0 Å². The molecular formula is C28H32FN3O3. The third kappa shape index (κ3) is 3.72. The number of aromatic nitrogens is 1. The van der Waals surface area contributed by atoms with E-state index in [-0.39, 0.29) is 35.7 Å². The first-order valence-electron chi connectivity index (χ1n) is 12.6. The third-order valence-electron chi connectivity index (χ3n) is 8.26. The van der Waals surface area contributed by atoms with Gasteiger partial charge in [0, 0.05) is 60.2 Å². The van der Waals surface area contributed by atoms with Gasteiger partial charge in [0.2, 0.25) is 5.91 Å². The molecule has 6 rings (SSSR count). The molecule has 7 heteroatoms. The molecule has 2 N–H and O–H groups in total. The predicted octanol–water partition coefficient (Wildman–Crippen LogP) is 4.14. The first-order valence-corrected chi connectivity index (χ1v) is 12.6. The molecule has 0 unspecified atom stereocenters. The highest BCUT2D eigenvalue weighted by Gasteiger charge is 2.54. The predicted molar refractivity (Wildman–Crippen MR) is 132 cm³/mol.